The van der Waals surface area contributed by atoms with E-state index >= 15 is 0 Å². The molecule has 0 saturated carbocycles. The fraction of sp³-hybridized carbons (Fsp3) is 0.556. The summed E-state index contributed by atoms with van der Waals surface area (Å²) in [5.41, 5.74) is 0.433. The predicted molar refractivity (Wildman–Crippen MR) is 140 cm³/mol. The standard InChI is InChI=1S/C27H35F3N4O7/c1-15(2)21(22(37)27(28,29)30)33-25(40)19-7-6-14-34(19)26(41)16(3)32-24(39)18-11-9-17(10-12-18)23(38)31-13-5-4-8-20(35)36/h9-12,15-16,19,21H,4-8,13-14H2,1-3H3,(H,31,38)(H,32,39)(H,33,40)(H,35,36)/t16-,19-,21?/m0/s1. The van der Waals surface area contributed by atoms with E-state index in [9.17, 15) is 41.9 Å². The predicted octanol–water partition coefficient (Wildman–Crippen LogP) is 2.05. The van der Waals surface area contributed by atoms with Crippen LogP contribution in [-0.2, 0) is 19.2 Å². The number of alkyl halides is 3. The molecule has 1 heterocycles. The number of rotatable bonds is 13. The molecule has 1 aliphatic rings. The Labute approximate surface area is 235 Å². The molecule has 1 saturated heterocycles. The molecule has 0 bridgehead atoms. The second kappa shape index (κ2) is 14.6. The number of benzene rings is 1. The summed E-state index contributed by atoms with van der Waals surface area (Å²) in [6.45, 7) is 4.59. The number of carboxylic acids is 1. The number of aliphatic carboxylic acids is 1. The van der Waals surface area contributed by atoms with Crippen LogP contribution in [0, 0.1) is 5.92 Å². The van der Waals surface area contributed by atoms with Crippen molar-refractivity contribution in [1.29, 1.82) is 0 Å². The zero-order chi connectivity index (χ0) is 30.9. The van der Waals surface area contributed by atoms with E-state index in [1.807, 2.05) is 0 Å². The maximum absolute atomic E-state index is 13.1. The summed E-state index contributed by atoms with van der Waals surface area (Å²) < 4.78 is 38.9. The van der Waals surface area contributed by atoms with Crippen molar-refractivity contribution in [2.75, 3.05) is 13.1 Å². The van der Waals surface area contributed by atoms with E-state index in [0.29, 0.717) is 25.8 Å². The third-order valence-corrected chi connectivity index (χ3v) is 6.60. The van der Waals surface area contributed by atoms with Crippen LogP contribution in [0.3, 0.4) is 0 Å². The fourth-order valence-corrected chi connectivity index (χ4v) is 4.33. The summed E-state index contributed by atoms with van der Waals surface area (Å²) in [5.74, 6) is -6.33. The van der Waals surface area contributed by atoms with Gasteiger partial charge in [-0.2, -0.15) is 13.2 Å². The molecule has 0 aromatic heterocycles. The smallest absolute Gasteiger partial charge is 0.452 e. The molecule has 226 valence electrons. The number of hydrogen-bond acceptors (Lipinski definition) is 6. The van der Waals surface area contributed by atoms with Crippen molar-refractivity contribution in [3.8, 4) is 0 Å². The number of hydrogen-bond donors (Lipinski definition) is 4. The summed E-state index contributed by atoms with van der Waals surface area (Å²) in [6.07, 6.45) is -3.61. The van der Waals surface area contributed by atoms with Crippen molar-refractivity contribution >= 4 is 35.4 Å². The monoisotopic (exact) mass is 584 g/mol. The number of ketones is 1. The van der Waals surface area contributed by atoms with Crippen LogP contribution in [0.15, 0.2) is 24.3 Å². The number of halogens is 3. The summed E-state index contributed by atoms with van der Waals surface area (Å²) in [4.78, 5) is 74.3. The average Bonchev–Trinajstić information content (AvgIpc) is 3.39. The molecule has 1 aliphatic heterocycles. The van der Waals surface area contributed by atoms with Gasteiger partial charge in [0.15, 0.2) is 0 Å². The number of carbonyl (C=O) groups is 6. The van der Waals surface area contributed by atoms with Gasteiger partial charge in [0, 0.05) is 30.6 Å². The van der Waals surface area contributed by atoms with Crippen molar-refractivity contribution in [2.24, 2.45) is 5.92 Å². The van der Waals surface area contributed by atoms with Crippen molar-refractivity contribution in [2.45, 2.75) is 77.2 Å². The molecule has 41 heavy (non-hydrogen) atoms. The molecule has 0 spiro atoms. The Morgan fingerprint density at radius 1 is 0.951 bits per heavy atom. The van der Waals surface area contributed by atoms with Crippen LogP contribution in [0.5, 0.6) is 0 Å². The first-order valence-electron chi connectivity index (χ1n) is 13.3. The van der Waals surface area contributed by atoms with Crippen LogP contribution in [0.25, 0.3) is 0 Å². The second-order valence-corrected chi connectivity index (χ2v) is 10.2. The van der Waals surface area contributed by atoms with Crippen LogP contribution >= 0.6 is 0 Å². The topological polar surface area (TPSA) is 162 Å². The molecule has 3 atom stereocenters. The van der Waals surface area contributed by atoms with Gasteiger partial charge < -0.3 is 26.0 Å². The van der Waals surface area contributed by atoms with Gasteiger partial charge in [0.05, 0.1) is 6.04 Å². The largest absolute Gasteiger partial charge is 0.481 e. The van der Waals surface area contributed by atoms with Gasteiger partial charge in [-0.15, -0.1) is 0 Å². The Bertz CT molecular complexity index is 1140. The zero-order valence-electron chi connectivity index (χ0n) is 23.0. The Balaban J connectivity index is 1.95. The molecule has 14 heteroatoms. The van der Waals surface area contributed by atoms with E-state index in [2.05, 4.69) is 16.0 Å². The fourth-order valence-electron chi connectivity index (χ4n) is 4.33. The van der Waals surface area contributed by atoms with E-state index in [1.165, 1.54) is 49.9 Å². The molecule has 1 aromatic carbocycles. The molecule has 11 nitrogen and oxygen atoms in total. The molecule has 2 rings (SSSR count). The Hall–Kier alpha value is -3.97. The zero-order valence-corrected chi connectivity index (χ0v) is 23.0. The number of carbonyl (C=O) groups excluding carboxylic acids is 5. The SMILES string of the molecule is CC(C)C(NC(=O)[C@@H]1CCCN1C(=O)[C@H](C)NC(=O)c1ccc(C(=O)NCCCCC(=O)O)cc1)C(=O)C(F)(F)F. The third kappa shape index (κ3) is 9.57. The minimum absolute atomic E-state index is 0.00772. The number of Topliss-reactive ketones (excluding diaryl/α,β-unsaturated/α-hetero) is 1. The molecule has 4 amide bonds. The number of nitrogens with zero attached hydrogens (tertiary/aromatic N) is 1. The number of carboxylic acid groups (broad SMARTS) is 1. The van der Waals surface area contributed by atoms with Crippen molar-refractivity contribution in [3.63, 3.8) is 0 Å². The Morgan fingerprint density at radius 3 is 2.07 bits per heavy atom. The summed E-state index contributed by atoms with van der Waals surface area (Å²) in [7, 11) is 0. The van der Waals surface area contributed by atoms with E-state index in [4.69, 9.17) is 5.11 Å². The van der Waals surface area contributed by atoms with Gasteiger partial charge in [-0.05, 0) is 62.8 Å². The lowest BCUT2D eigenvalue weighted by Crippen LogP contribution is -2.56. The molecule has 1 aromatic rings. The highest BCUT2D eigenvalue weighted by Gasteiger charge is 2.46. The first-order valence-corrected chi connectivity index (χ1v) is 13.3. The first-order chi connectivity index (χ1) is 19.1. The van der Waals surface area contributed by atoms with Crippen LogP contribution in [0.4, 0.5) is 13.2 Å². The average molecular weight is 585 g/mol. The number of amides is 4. The van der Waals surface area contributed by atoms with Crippen molar-refractivity contribution in [3.05, 3.63) is 35.4 Å². The first kappa shape index (κ1) is 33.2. The molecule has 1 fully saturated rings. The van der Waals surface area contributed by atoms with E-state index in [0.717, 1.165) is 0 Å². The van der Waals surface area contributed by atoms with Gasteiger partial charge >= 0.3 is 12.1 Å². The van der Waals surface area contributed by atoms with Gasteiger partial charge in [-0.3, -0.25) is 28.8 Å². The molecule has 4 N–H and O–H groups in total. The Kier molecular flexibility index (Phi) is 11.8. The number of nitrogens with one attached hydrogen (secondary N) is 3. The number of unbranched alkanes of at least 4 members (excludes halogenated alkanes) is 1. The van der Waals surface area contributed by atoms with Crippen LogP contribution in [0.2, 0.25) is 0 Å². The molecular weight excluding hydrogens is 549 g/mol. The maximum Gasteiger partial charge on any atom is 0.452 e. The highest BCUT2D eigenvalue weighted by molar-refractivity contribution is 6.00. The molecule has 0 aliphatic carbocycles. The van der Waals surface area contributed by atoms with Gasteiger partial charge in [0.1, 0.15) is 12.1 Å². The maximum atomic E-state index is 13.1. The van der Waals surface area contributed by atoms with E-state index < -0.39 is 65.6 Å². The van der Waals surface area contributed by atoms with Crippen LogP contribution < -0.4 is 16.0 Å². The quantitative estimate of drug-likeness (QED) is 0.258. The molecule has 1 unspecified atom stereocenters. The minimum Gasteiger partial charge on any atom is -0.481 e. The summed E-state index contributed by atoms with van der Waals surface area (Å²) >= 11 is 0. The molecule has 0 radical (unpaired) electrons. The van der Waals surface area contributed by atoms with Crippen LogP contribution in [-0.4, -0.2) is 82.8 Å². The molecular formula is C27H35F3N4O7. The van der Waals surface area contributed by atoms with Gasteiger partial charge in [0.25, 0.3) is 17.6 Å². The van der Waals surface area contributed by atoms with Crippen molar-refractivity contribution < 1.29 is 47.0 Å². The van der Waals surface area contributed by atoms with Gasteiger partial charge in [0.2, 0.25) is 11.8 Å². The lowest BCUT2D eigenvalue weighted by molar-refractivity contribution is -0.175. The lowest BCUT2D eigenvalue weighted by Gasteiger charge is -2.29. The highest BCUT2D eigenvalue weighted by Crippen LogP contribution is 2.23. The Morgan fingerprint density at radius 2 is 1.54 bits per heavy atom. The third-order valence-electron chi connectivity index (χ3n) is 6.60. The second-order valence-electron chi connectivity index (χ2n) is 10.2. The van der Waals surface area contributed by atoms with Gasteiger partial charge in [-0.25, -0.2) is 0 Å². The minimum atomic E-state index is -5.13. The summed E-state index contributed by atoms with van der Waals surface area (Å²) in [5, 5.41) is 16.0. The van der Waals surface area contributed by atoms with E-state index in [1.54, 1.807) is 0 Å². The summed E-state index contributed by atoms with van der Waals surface area (Å²) in [6, 6.07) is 1.65. The normalized spacial score (nSPS) is 16.6. The van der Waals surface area contributed by atoms with E-state index in [-0.39, 0.29) is 30.5 Å². The van der Waals surface area contributed by atoms with Gasteiger partial charge in [-0.1, -0.05) is 13.8 Å². The highest BCUT2D eigenvalue weighted by atomic mass is 19.4. The van der Waals surface area contributed by atoms with Crippen molar-refractivity contribution in [1.82, 2.24) is 20.9 Å². The number of likely N-dealkylation sites (tertiary alicyclic amines) is 1. The lowest BCUT2D eigenvalue weighted by atomic mass is 9.98. The van der Waals surface area contributed by atoms with Crippen LogP contribution in [0.1, 0.15) is 73.6 Å².